The van der Waals surface area contributed by atoms with Gasteiger partial charge in [0.05, 0.1) is 11.7 Å². The summed E-state index contributed by atoms with van der Waals surface area (Å²) in [5.74, 6) is -0.300. The summed E-state index contributed by atoms with van der Waals surface area (Å²) in [6.45, 7) is 1.70. The molecule has 0 radical (unpaired) electrons. The van der Waals surface area contributed by atoms with Gasteiger partial charge in [0.25, 0.3) is 0 Å². The van der Waals surface area contributed by atoms with Gasteiger partial charge in [0.2, 0.25) is 0 Å². The van der Waals surface area contributed by atoms with Crippen LogP contribution in [0.3, 0.4) is 0 Å². The molecule has 104 valence electrons. The van der Waals surface area contributed by atoms with Crippen molar-refractivity contribution < 1.29 is 4.39 Å². The fourth-order valence-electron chi connectivity index (χ4n) is 2.70. The molecule has 0 aliphatic carbocycles. The maximum atomic E-state index is 13.1. The summed E-state index contributed by atoms with van der Waals surface area (Å²) in [5, 5.41) is 0.481. The predicted molar refractivity (Wildman–Crippen MR) is 75.8 cm³/mol. The average Bonchev–Trinajstić information content (AvgIpc) is 2.91. The van der Waals surface area contributed by atoms with E-state index in [1.807, 2.05) is 6.20 Å². The molecule has 1 unspecified atom stereocenters. The minimum Gasteiger partial charge on any atom is -0.290 e. The van der Waals surface area contributed by atoms with Crippen molar-refractivity contribution >= 4 is 11.6 Å². The van der Waals surface area contributed by atoms with Crippen molar-refractivity contribution in [2.75, 3.05) is 6.54 Å². The Bertz CT molecular complexity index is 591. The third-order valence-corrected chi connectivity index (χ3v) is 4.03. The zero-order chi connectivity index (χ0) is 13.9. The van der Waals surface area contributed by atoms with Crippen molar-refractivity contribution in [1.29, 1.82) is 0 Å². The summed E-state index contributed by atoms with van der Waals surface area (Å²) < 4.78 is 13.1. The summed E-state index contributed by atoms with van der Waals surface area (Å²) in [6.07, 6.45) is 7.41. The number of aromatic nitrogens is 2. The summed E-state index contributed by atoms with van der Waals surface area (Å²) in [5.41, 5.74) is 1.94. The molecule has 1 aliphatic heterocycles. The standard InChI is InChI=1S/C15H15ClFN3/c16-13-8-12(17)4-3-11(13)10-20-7-1-2-15(20)14-9-18-5-6-19-14/h3-6,8-9,15H,1-2,7,10H2. The molecule has 1 aromatic carbocycles. The van der Waals surface area contributed by atoms with Gasteiger partial charge in [0, 0.05) is 30.2 Å². The van der Waals surface area contributed by atoms with E-state index in [0.717, 1.165) is 30.6 Å². The molecule has 1 aromatic heterocycles. The maximum Gasteiger partial charge on any atom is 0.124 e. The molecular formula is C15H15ClFN3. The third-order valence-electron chi connectivity index (χ3n) is 3.68. The fourth-order valence-corrected chi connectivity index (χ4v) is 2.93. The number of halogens is 2. The van der Waals surface area contributed by atoms with E-state index < -0.39 is 0 Å². The van der Waals surface area contributed by atoms with Crippen LogP contribution in [-0.4, -0.2) is 21.4 Å². The number of benzene rings is 1. The SMILES string of the molecule is Fc1ccc(CN2CCCC2c2cnccn2)c(Cl)c1. The molecule has 1 atom stereocenters. The van der Waals surface area contributed by atoms with Crippen molar-refractivity contribution in [2.45, 2.75) is 25.4 Å². The first kappa shape index (κ1) is 13.5. The third kappa shape index (κ3) is 2.81. The van der Waals surface area contributed by atoms with Crippen molar-refractivity contribution in [1.82, 2.24) is 14.9 Å². The number of hydrogen-bond donors (Lipinski definition) is 0. The van der Waals surface area contributed by atoms with Gasteiger partial charge in [-0.05, 0) is 37.1 Å². The molecule has 2 aromatic rings. The first-order chi connectivity index (χ1) is 9.74. The van der Waals surface area contributed by atoms with Crippen LogP contribution in [0, 0.1) is 5.82 Å². The lowest BCUT2D eigenvalue weighted by molar-refractivity contribution is 0.244. The van der Waals surface area contributed by atoms with Crippen LogP contribution < -0.4 is 0 Å². The highest BCUT2D eigenvalue weighted by atomic mass is 35.5. The molecule has 1 aliphatic rings. The van der Waals surface area contributed by atoms with E-state index in [9.17, 15) is 4.39 Å². The molecular weight excluding hydrogens is 277 g/mol. The molecule has 5 heteroatoms. The smallest absolute Gasteiger partial charge is 0.124 e. The number of hydrogen-bond acceptors (Lipinski definition) is 3. The van der Waals surface area contributed by atoms with Crippen LogP contribution in [0.15, 0.2) is 36.8 Å². The summed E-state index contributed by atoms with van der Waals surface area (Å²) in [6, 6.07) is 4.84. The van der Waals surface area contributed by atoms with Gasteiger partial charge in [-0.3, -0.25) is 14.9 Å². The molecule has 2 heterocycles. The molecule has 0 spiro atoms. The van der Waals surface area contributed by atoms with E-state index in [1.165, 1.54) is 12.1 Å². The van der Waals surface area contributed by atoms with Gasteiger partial charge >= 0.3 is 0 Å². The molecule has 1 fully saturated rings. The number of rotatable bonds is 3. The Balaban J connectivity index is 1.79. The Morgan fingerprint density at radius 1 is 1.35 bits per heavy atom. The Morgan fingerprint density at radius 2 is 2.25 bits per heavy atom. The minimum atomic E-state index is -0.300. The molecule has 20 heavy (non-hydrogen) atoms. The highest BCUT2D eigenvalue weighted by molar-refractivity contribution is 6.31. The Morgan fingerprint density at radius 3 is 3.00 bits per heavy atom. The van der Waals surface area contributed by atoms with E-state index in [-0.39, 0.29) is 11.9 Å². The quantitative estimate of drug-likeness (QED) is 0.865. The van der Waals surface area contributed by atoms with Gasteiger partial charge in [-0.15, -0.1) is 0 Å². The second-order valence-corrected chi connectivity index (χ2v) is 5.40. The van der Waals surface area contributed by atoms with Gasteiger partial charge in [0.1, 0.15) is 5.82 Å². The van der Waals surface area contributed by atoms with Crippen LogP contribution in [0.2, 0.25) is 5.02 Å². The second kappa shape index (κ2) is 5.85. The van der Waals surface area contributed by atoms with Crippen LogP contribution in [0.1, 0.15) is 30.1 Å². The van der Waals surface area contributed by atoms with Crippen molar-refractivity contribution in [3.63, 3.8) is 0 Å². The van der Waals surface area contributed by atoms with Crippen molar-refractivity contribution in [3.05, 3.63) is 58.9 Å². The summed E-state index contributed by atoms with van der Waals surface area (Å²) >= 11 is 6.11. The molecule has 3 rings (SSSR count). The second-order valence-electron chi connectivity index (χ2n) is 4.99. The predicted octanol–water partition coefficient (Wildman–Crippen LogP) is 3.61. The van der Waals surface area contributed by atoms with E-state index in [4.69, 9.17) is 11.6 Å². The minimum absolute atomic E-state index is 0.268. The lowest BCUT2D eigenvalue weighted by atomic mass is 10.1. The van der Waals surface area contributed by atoms with Gasteiger partial charge in [-0.2, -0.15) is 0 Å². The van der Waals surface area contributed by atoms with E-state index in [2.05, 4.69) is 14.9 Å². The molecule has 0 saturated carbocycles. The van der Waals surface area contributed by atoms with Gasteiger partial charge in [-0.1, -0.05) is 17.7 Å². The average molecular weight is 292 g/mol. The highest BCUT2D eigenvalue weighted by Gasteiger charge is 2.27. The van der Waals surface area contributed by atoms with Crippen LogP contribution in [0.5, 0.6) is 0 Å². The van der Waals surface area contributed by atoms with Crippen molar-refractivity contribution in [2.24, 2.45) is 0 Å². The summed E-state index contributed by atoms with van der Waals surface area (Å²) in [4.78, 5) is 10.8. The summed E-state index contributed by atoms with van der Waals surface area (Å²) in [7, 11) is 0. The van der Waals surface area contributed by atoms with Gasteiger partial charge in [0.15, 0.2) is 0 Å². The molecule has 0 N–H and O–H groups in total. The highest BCUT2D eigenvalue weighted by Crippen LogP contribution is 2.32. The monoisotopic (exact) mass is 291 g/mol. The van der Waals surface area contributed by atoms with Crippen LogP contribution in [-0.2, 0) is 6.54 Å². The first-order valence-corrected chi connectivity index (χ1v) is 7.06. The van der Waals surface area contributed by atoms with E-state index in [0.29, 0.717) is 11.6 Å². The Labute approximate surface area is 122 Å². The number of nitrogens with zero attached hydrogens (tertiary/aromatic N) is 3. The van der Waals surface area contributed by atoms with Crippen molar-refractivity contribution in [3.8, 4) is 0 Å². The normalized spacial score (nSPS) is 19.4. The fraction of sp³-hybridized carbons (Fsp3) is 0.333. The van der Waals surface area contributed by atoms with Crippen LogP contribution in [0.4, 0.5) is 4.39 Å². The lowest BCUT2D eigenvalue weighted by Gasteiger charge is -2.24. The Hall–Kier alpha value is -1.52. The molecule has 0 bridgehead atoms. The lowest BCUT2D eigenvalue weighted by Crippen LogP contribution is -2.23. The number of likely N-dealkylation sites (tertiary alicyclic amines) is 1. The van der Waals surface area contributed by atoms with Gasteiger partial charge in [-0.25, -0.2) is 4.39 Å². The van der Waals surface area contributed by atoms with Crippen LogP contribution >= 0.6 is 11.6 Å². The van der Waals surface area contributed by atoms with Gasteiger partial charge < -0.3 is 0 Å². The molecule has 3 nitrogen and oxygen atoms in total. The molecule has 0 amide bonds. The maximum absolute atomic E-state index is 13.1. The van der Waals surface area contributed by atoms with Crippen LogP contribution in [0.25, 0.3) is 0 Å². The van der Waals surface area contributed by atoms with E-state index >= 15 is 0 Å². The molecule has 1 saturated heterocycles. The topological polar surface area (TPSA) is 29.0 Å². The zero-order valence-corrected chi connectivity index (χ0v) is 11.7. The Kier molecular flexibility index (Phi) is 3.94. The zero-order valence-electron chi connectivity index (χ0n) is 11.0. The largest absolute Gasteiger partial charge is 0.290 e. The first-order valence-electron chi connectivity index (χ1n) is 6.68. The van der Waals surface area contributed by atoms with E-state index in [1.54, 1.807) is 18.5 Å².